The van der Waals surface area contributed by atoms with Crippen LogP contribution in [0.1, 0.15) is 43.0 Å². The highest BCUT2D eigenvalue weighted by Gasteiger charge is 2.55. The van der Waals surface area contributed by atoms with Gasteiger partial charge in [-0.3, -0.25) is 4.79 Å². The van der Waals surface area contributed by atoms with Crippen molar-refractivity contribution in [2.24, 2.45) is 11.8 Å². The molecule has 1 unspecified atom stereocenters. The summed E-state index contributed by atoms with van der Waals surface area (Å²) in [5.41, 5.74) is -1.83. The molecule has 0 heterocycles. The lowest BCUT2D eigenvalue weighted by Gasteiger charge is -2.42. The number of sulfone groups is 1. The van der Waals surface area contributed by atoms with Gasteiger partial charge in [0.25, 0.3) is 5.91 Å². The van der Waals surface area contributed by atoms with Gasteiger partial charge in [0.15, 0.2) is 27.3 Å². The van der Waals surface area contributed by atoms with Crippen molar-refractivity contribution in [2.75, 3.05) is 5.32 Å². The number of halogens is 4. The molecule has 0 aliphatic heterocycles. The van der Waals surface area contributed by atoms with E-state index in [-0.39, 0.29) is 45.8 Å². The monoisotopic (exact) mass is 517 g/mol. The number of aliphatic hydroxyl groups is 2. The summed E-state index contributed by atoms with van der Waals surface area (Å²) in [6.07, 6.45) is 0.400. The highest BCUT2D eigenvalue weighted by molar-refractivity contribution is 7.92. The Hall–Kier alpha value is -2.14. The molecule has 0 radical (unpaired) electrons. The molecule has 11 heteroatoms. The van der Waals surface area contributed by atoms with Gasteiger partial charge in [0.1, 0.15) is 0 Å². The summed E-state index contributed by atoms with van der Waals surface area (Å²) in [5.74, 6) is -6.29. The third-order valence-electron chi connectivity index (χ3n) is 6.95. The molecule has 34 heavy (non-hydrogen) atoms. The quantitative estimate of drug-likeness (QED) is 0.518. The molecular weight excluding hydrogens is 495 g/mol. The molecule has 2 saturated carbocycles. The fourth-order valence-corrected chi connectivity index (χ4v) is 8.10. The molecule has 3 N–H and O–H groups in total. The second-order valence-corrected chi connectivity index (χ2v) is 11.6. The van der Waals surface area contributed by atoms with Gasteiger partial charge in [0.05, 0.1) is 26.9 Å². The normalized spacial score (nSPS) is 27.4. The van der Waals surface area contributed by atoms with E-state index in [1.54, 1.807) is 0 Å². The van der Waals surface area contributed by atoms with E-state index >= 15 is 0 Å². The van der Waals surface area contributed by atoms with Gasteiger partial charge in [0, 0.05) is 23.4 Å². The standard InChI is InChI=1S/C23H23ClF3NO5S/c1-11(29)23(31)9-13-2-3-14(10-23)21(13)34(32,33)19-6-12(4-5-16(19)24)22(30)28-15-7-17(25)20(27)18(26)8-15/h4-8,11,13-14,21,29,31H,2-3,9-10H2,1H3,(H,28,30)/t11?,13-,14-,21?,23?/m0/s1. The van der Waals surface area contributed by atoms with Gasteiger partial charge in [-0.25, -0.2) is 21.6 Å². The van der Waals surface area contributed by atoms with Gasteiger partial charge in [-0.15, -0.1) is 0 Å². The number of fused-ring (bicyclic) bond motifs is 2. The summed E-state index contributed by atoms with van der Waals surface area (Å²) >= 11 is 6.21. The highest BCUT2D eigenvalue weighted by Crippen LogP contribution is 2.52. The van der Waals surface area contributed by atoms with Crippen molar-refractivity contribution in [3.05, 3.63) is 58.4 Å². The van der Waals surface area contributed by atoms with Crippen molar-refractivity contribution < 1.29 is 36.6 Å². The number of anilines is 1. The zero-order valence-electron chi connectivity index (χ0n) is 18.1. The summed E-state index contributed by atoms with van der Waals surface area (Å²) in [6, 6.07) is 4.80. The minimum Gasteiger partial charge on any atom is -0.390 e. The Bertz CT molecular complexity index is 1220. The molecule has 2 bridgehead atoms. The van der Waals surface area contributed by atoms with Crippen LogP contribution in [-0.2, 0) is 9.84 Å². The van der Waals surface area contributed by atoms with Crippen molar-refractivity contribution in [3.8, 4) is 0 Å². The largest absolute Gasteiger partial charge is 0.390 e. The van der Waals surface area contributed by atoms with Crippen LogP contribution in [0.4, 0.5) is 18.9 Å². The summed E-state index contributed by atoms with van der Waals surface area (Å²) < 4.78 is 67.3. The van der Waals surface area contributed by atoms with E-state index in [9.17, 15) is 36.6 Å². The number of carbonyl (C=O) groups excluding carboxylic acids is 1. The molecule has 2 aliphatic rings. The number of benzene rings is 2. The molecule has 1 amide bonds. The topological polar surface area (TPSA) is 104 Å². The Morgan fingerprint density at radius 2 is 1.68 bits per heavy atom. The average molecular weight is 518 g/mol. The number of carbonyl (C=O) groups is 1. The predicted octanol–water partition coefficient (Wildman–Crippen LogP) is 4.08. The van der Waals surface area contributed by atoms with E-state index in [0.717, 1.165) is 6.07 Å². The van der Waals surface area contributed by atoms with E-state index in [1.165, 1.54) is 19.1 Å². The fraction of sp³-hybridized carbons (Fsp3) is 0.435. The molecular formula is C23H23ClF3NO5S. The van der Waals surface area contributed by atoms with Crippen LogP contribution < -0.4 is 5.32 Å². The van der Waals surface area contributed by atoms with Crippen LogP contribution in [0.2, 0.25) is 5.02 Å². The van der Waals surface area contributed by atoms with E-state index in [1.807, 2.05) is 0 Å². The second-order valence-electron chi connectivity index (χ2n) is 9.15. The first-order valence-electron chi connectivity index (χ1n) is 10.7. The number of aliphatic hydroxyl groups excluding tert-OH is 1. The second kappa shape index (κ2) is 8.82. The van der Waals surface area contributed by atoms with E-state index in [2.05, 4.69) is 5.32 Å². The van der Waals surface area contributed by atoms with Gasteiger partial charge in [-0.05, 0) is 62.6 Å². The average Bonchev–Trinajstić information content (AvgIpc) is 3.05. The van der Waals surface area contributed by atoms with E-state index in [0.29, 0.717) is 25.0 Å². The van der Waals surface area contributed by atoms with Crippen molar-refractivity contribution in [3.63, 3.8) is 0 Å². The molecule has 2 aromatic carbocycles. The third kappa shape index (κ3) is 4.32. The first-order chi connectivity index (χ1) is 15.8. The van der Waals surface area contributed by atoms with Gasteiger partial charge in [-0.1, -0.05) is 11.6 Å². The maximum atomic E-state index is 13.6. The SMILES string of the molecule is CC(O)C1(O)C[C@@H]2CC[C@@H](C1)C2S(=O)(=O)c1cc(C(=O)Nc2cc(F)c(F)c(F)c2)ccc1Cl. The molecule has 0 saturated heterocycles. The predicted molar refractivity (Wildman–Crippen MR) is 119 cm³/mol. The van der Waals surface area contributed by atoms with Gasteiger partial charge < -0.3 is 15.5 Å². The molecule has 184 valence electrons. The lowest BCUT2D eigenvalue weighted by molar-refractivity contribution is -0.103. The number of nitrogens with one attached hydrogen (secondary N) is 1. The minimum atomic E-state index is -4.03. The highest BCUT2D eigenvalue weighted by atomic mass is 35.5. The molecule has 4 rings (SSSR count). The summed E-state index contributed by atoms with van der Waals surface area (Å²) in [4.78, 5) is 12.4. The smallest absolute Gasteiger partial charge is 0.255 e. The Kier molecular flexibility index (Phi) is 6.48. The van der Waals surface area contributed by atoms with Gasteiger partial charge in [-0.2, -0.15) is 0 Å². The van der Waals surface area contributed by atoms with Crippen LogP contribution in [0.5, 0.6) is 0 Å². The zero-order chi connectivity index (χ0) is 25.0. The van der Waals surface area contributed by atoms with Crippen molar-refractivity contribution >= 4 is 33.0 Å². The van der Waals surface area contributed by atoms with Gasteiger partial charge >= 0.3 is 0 Å². The van der Waals surface area contributed by atoms with Crippen molar-refractivity contribution in [2.45, 2.75) is 54.5 Å². The number of hydrogen-bond acceptors (Lipinski definition) is 5. The molecule has 3 atom stereocenters. The van der Waals surface area contributed by atoms with Crippen molar-refractivity contribution in [1.82, 2.24) is 0 Å². The minimum absolute atomic E-state index is 0.0915. The van der Waals surface area contributed by atoms with Crippen LogP contribution in [0.15, 0.2) is 35.2 Å². The van der Waals surface area contributed by atoms with Crippen molar-refractivity contribution in [1.29, 1.82) is 0 Å². The van der Waals surface area contributed by atoms with E-state index < -0.39 is 50.2 Å². The molecule has 2 aromatic rings. The Morgan fingerprint density at radius 1 is 1.12 bits per heavy atom. The number of hydrogen-bond donors (Lipinski definition) is 3. The van der Waals surface area contributed by atoms with Crippen LogP contribution in [0.25, 0.3) is 0 Å². The molecule has 2 fully saturated rings. The van der Waals surface area contributed by atoms with Crippen LogP contribution >= 0.6 is 11.6 Å². The Labute approximate surface area is 199 Å². The van der Waals surface area contributed by atoms with Crippen LogP contribution in [0, 0.1) is 29.3 Å². The lowest BCUT2D eigenvalue weighted by Crippen LogP contribution is -2.51. The van der Waals surface area contributed by atoms with E-state index in [4.69, 9.17) is 11.6 Å². The molecule has 0 aromatic heterocycles. The maximum Gasteiger partial charge on any atom is 0.255 e. The summed E-state index contributed by atoms with van der Waals surface area (Å²) in [6.45, 7) is 1.48. The Morgan fingerprint density at radius 3 is 2.21 bits per heavy atom. The lowest BCUT2D eigenvalue weighted by atomic mass is 9.74. The third-order valence-corrected chi connectivity index (χ3v) is 9.83. The molecule has 2 aliphatic carbocycles. The molecule has 0 spiro atoms. The first kappa shape index (κ1) is 25.0. The maximum absolute atomic E-state index is 13.6. The Balaban J connectivity index is 1.63. The first-order valence-corrected chi connectivity index (χ1v) is 12.7. The fourth-order valence-electron chi connectivity index (χ4n) is 5.26. The summed E-state index contributed by atoms with van der Waals surface area (Å²) in [5, 5.41) is 22.0. The summed E-state index contributed by atoms with van der Waals surface area (Å²) in [7, 11) is -4.03. The van der Waals surface area contributed by atoms with Crippen LogP contribution in [-0.4, -0.2) is 41.5 Å². The number of amides is 1. The molecule has 6 nitrogen and oxygen atoms in total. The van der Waals surface area contributed by atoms with Gasteiger partial charge in [0.2, 0.25) is 0 Å². The zero-order valence-corrected chi connectivity index (χ0v) is 19.6. The number of rotatable bonds is 5. The van der Waals surface area contributed by atoms with Crippen LogP contribution in [0.3, 0.4) is 0 Å².